The SMILES string of the molecule is NCc1cccc(NC(=O)CC2=CCCCC2)c1. The zero-order valence-corrected chi connectivity index (χ0v) is 10.6. The first-order chi connectivity index (χ1) is 8.78. The molecule has 1 aromatic rings. The van der Waals surface area contributed by atoms with Crippen LogP contribution in [0.2, 0.25) is 0 Å². The minimum Gasteiger partial charge on any atom is -0.326 e. The Labute approximate surface area is 108 Å². The molecule has 1 aliphatic carbocycles. The molecule has 1 aromatic carbocycles. The maximum atomic E-state index is 11.9. The van der Waals surface area contributed by atoms with E-state index in [1.54, 1.807) is 0 Å². The van der Waals surface area contributed by atoms with Crippen LogP contribution < -0.4 is 11.1 Å². The molecule has 3 N–H and O–H groups in total. The quantitative estimate of drug-likeness (QED) is 0.800. The van der Waals surface area contributed by atoms with Gasteiger partial charge in [0.2, 0.25) is 5.91 Å². The van der Waals surface area contributed by atoms with Crippen LogP contribution in [-0.2, 0) is 11.3 Å². The van der Waals surface area contributed by atoms with Crippen molar-refractivity contribution in [2.24, 2.45) is 5.73 Å². The number of amides is 1. The minimum atomic E-state index is 0.0670. The number of hydrogen-bond acceptors (Lipinski definition) is 2. The summed E-state index contributed by atoms with van der Waals surface area (Å²) in [6.45, 7) is 0.495. The zero-order valence-electron chi connectivity index (χ0n) is 10.6. The first-order valence-corrected chi connectivity index (χ1v) is 6.54. The largest absolute Gasteiger partial charge is 0.326 e. The fraction of sp³-hybridized carbons (Fsp3) is 0.400. The number of rotatable bonds is 4. The highest BCUT2D eigenvalue weighted by atomic mass is 16.1. The van der Waals surface area contributed by atoms with Gasteiger partial charge >= 0.3 is 0 Å². The number of carbonyl (C=O) groups excluding carboxylic acids is 1. The third-order valence-electron chi connectivity index (χ3n) is 3.22. The molecule has 3 heteroatoms. The Bertz CT molecular complexity index is 452. The molecule has 0 fully saturated rings. The Morgan fingerprint density at radius 3 is 2.94 bits per heavy atom. The lowest BCUT2D eigenvalue weighted by atomic mass is 9.97. The third kappa shape index (κ3) is 3.70. The molecular weight excluding hydrogens is 224 g/mol. The summed E-state index contributed by atoms with van der Waals surface area (Å²) in [4.78, 5) is 11.9. The van der Waals surface area contributed by atoms with Crippen LogP contribution in [0.15, 0.2) is 35.9 Å². The van der Waals surface area contributed by atoms with E-state index in [9.17, 15) is 4.79 Å². The van der Waals surface area contributed by atoms with E-state index in [0.717, 1.165) is 24.1 Å². The van der Waals surface area contributed by atoms with Crippen LogP contribution in [0.4, 0.5) is 5.69 Å². The van der Waals surface area contributed by atoms with Gasteiger partial charge in [0.25, 0.3) is 0 Å². The predicted octanol–water partition coefficient (Wildman–Crippen LogP) is 2.97. The van der Waals surface area contributed by atoms with Gasteiger partial charge in [-0.15, -0.1) is 0 Å². The molecule has 0 unspecified atom stereocenters. The summed E-state index contributed by atoms with van der Waals surface area (Å²) >= 11 is 0. The van der Waals surface area contributed by atoms with Crippen LogP contribution in [0.25, 0.3) is 0 Å². The lowest BCUT2D eigenvalue weighted by Crippen LogP contribution is -2.13. The number of carbonyl (C=O) groups is 1. The van der Waals surface area contributed by atoms with Crippen molar-refractivity contribution in [2.75, 3.05) is 5.32 Å². The van der Waals surface area contributed by atoms with Crippen molar-refractivity contribution < 1.29 is 4.79 Å². The molecule has 1 amide bonds. The summed E-state index contributed by atoms with van der Waals surface area (Å²) in [5.41, 5.74) is 8.71. The van der Waals surface area contributed by atoms with E-state index < -0.39 is 0 Å². The summed E-state index contributed by atoms with van der Waals surface area (Å²) < 4.78 is 0. The van der Waals surface area contributed by atoms with Gasteiger partial charge in [0.05, 0.1) is 0 Å². The number of benzene rings is 1. The maximum Gasteiger partial charge on any atom is 0.228 e. The monoisotopic (exact) mass is 244 g/mol. The molecule has 0 saturated carbocycles. The molecule has 3 nitrogen and oxygen atoms in total. The summed E-state index contributed by atoms with van der Waals surface area (Å²) in [5.74, 6) is 0.0670. The fourth-order valence-electron chi connectivity index (χ4n) is 2.25. The predicted molar refractivity (Wildman–Crippen MR) is 74.1 cm³/mol. The minimum absolute atomic E-state index is 0.0670. The normalized spacial score (nSPS) is 15.1. The first-order valence-electron chi connectivity index (χ1n) is 6.54. The van der Waals surface area contributed by atoms with Crippen molar-refractivity contribution in [3.8, 4) is 0 Å². The van der Waals surface area contributed by atoms with Gasteiger partial charge in [-0.3, -0.25) is 4.79 Å². The van der Waals surface area contributed by atoms with Crippen LogP contribution in [0.1, 0.15) is 37.7 Å². The van der Waals surface area contributed by atoms with Gasteiger partial charge in [-0.2, -0.15) is 0 Å². The second-order valence-corrected chi connectivity index (χ2v) is 4.74. The van der Waals surface area contributed by atoms with E-state index in [1.807, 2.05) is 24.3 Å². The highest BCUT2D eigenvalue weighted by Crippen LogP contribution is 2.20. The number of anilines is 1. The molecule has 0 aliphatic heterocycles. The molecule has 96 valence electrons. The van der Waals surface area contributed by atoms with Crippen LogP contribution in [0.3, 0.4) is 0 Å². The zero-order chi connectivity index (χ0) is 12.8. The Morgan fingerprint density at radius 2 is 2.22 bits per heavy atom. The second-order valence-electron chi connectivity index (χ2n) is 4.74. The van der Waals surface area contributed by atoms with Gasteiger partial charge in [-0.1, -0.05) is 23.8 Å². The van der Waals surface area contributed by atoms with Crippen molar-refractivity contribution in [3.63, 3.8) is 0 Å². The van der Waals surface area contributed by atoms with Crippen molar-refractivity contribution in [1.29, 1.82) is 0 Å². The highest BCUT2D eigenvalue weighted by molar-refractivity contribution is 5.92. The highest BCUT2D eigenvalue weighted by Gasteiger charge is 2.09. The van der Waals surface area contributed by atoms with E-state index in [-0.39, 0.29) is 5.91 Å². The van der Waals surface area contributed by atoms with Crippen LogP contribution in [0, 0.1) is 0 Å². The van der Waals surface area contributed by atoms with Gasteiger partial charge in [-0.05, 0) is 43.4 Å². The molecule has 0 saturated heterocycles. The van der Waals surface area contributed by atoms with Crippen molar-refractivity contribution in [3.05, 3.63) is 41.5 Å². The van der Waals surface area contributed by atoms with E-state index in [1.165, 1.54) is 18.4 Å². The molecule has 0 radical (unpaired) electrons. The molecule has 0 aromatic heterocycles. The van der Waals surface area contributed by atoms with Gasteiger partial charge in [-0.25, -0.2) is 0 Å². The Morgan fingerprint density at radius 1 is 1.33 bits per heavy atom. The summed E-state index contributed by atoms with van der Waals surface area (Å²) in [7, 11) is 0. The van der Waals surface area contributed by atoms with Gasteiger partial charge < -0.3 is 11.1 Å². The van der Waals surface area contributed by atoms with E-state index in [0.29, 0.717) is 13.0 Å². The van der Waals surface area contributed by atoms with E-state index in [4.69, 9.17) is 5.73 Å². The molecular formula is C15H20N2O. The standard InChI is InChI=1S/C15H20N2O/c16-11-13-7-4-8-14(9-13)17-15(18)10-12-5-2-1-3-6-12/h4-5,7-9H,1-3,6,10-11,16H2,(H,17,18). The average molecular weight is 244 g/mol. The molecule has 0 heterocycles. The average Bonchev–Trinajstić information content (AvgIpc) is 2.40. The van der Waals surface area contributed by atoms with Gasteiger partial charge in [0, 0.05) is 18.7 Å². The number of nitrogens with one attached hydrogen (secondary N) is 1. The molecule has 0 bridgehead atoms. The Kier molecular flexibility index (Phi) is 4.53. The Hall–Kier alpha value is -1.61. The number of allylic oxidation sites excluding steroid dienone is 1. The van der Waals surface area contributed by atoms with Crippen LogP contribution in [0.5, 0.6) is 0 Å². The maximum absolute atomic E-state index is 11.9. The number of nitrogens with two attached hydrogens (primary N) is 1. The van der Waals surface area contributed by atoms with E-state index in [2.05, 4.69) is 11.4 Å². The van der Waals surface area contributed by atoms with Gasteiger partial charge in [0.1, 0.15) is 0 Å². The molecule has 1 aliphatic rings. The van der Waals surface area contributed by atoms with Crippen molar-refractivity contribution in [1.82, 2.24) is 0 Å². The van der Waals surface area contributed by atoms with E-state index >= 15 is 0 Å². The van der Waals surface area contributed by atoms with Crippen molar-refractivity contribution >= 4 is 11.6 Å². The fourth-order valence-corrected chi connectivity index (χ4v) is 2.25. The smallest absolute Gasteiger partial charge is 0.228 e. The van der Waals surface area contributed by atoms with Crippen molar-refractivity contribution in [2.45, 2.75) is 38.6 Å². The van der Waals surface area contributed by atoms with Crippen LogP contribution >= 0.6 is 0 Å². The molecule has 0 spiro atoms. The lowest BCUT2D eigenvalue weighted by Gasteiger charge is -2.12. The molecule has 2 rings (SSSR count). The summed E-state index contributed by atoms with van der Waals surface area (Å²) in [5, 5.41) is 2.93. The summed E-state index contributed by atoms with van der Waals surface area (Å²) in [6, 6.07) is 7.69. The third-order valence-corrected chi connectivity index (χ3v) is 3.22. The van der Waals surface area contributed by atoms with Crippen LogP contribution in [-0.4, -0.2) is 5.91 Å². The Balaban J connectivity index is 1.92. The molecule has 18 heavy (non-hydrogen) atoms. The van der Waals surface area contributed by atoms with Gasteiger partial charge in [0.15, 0.2) is 0 Å². The summed E-state index contributed by atoms with van der Waals surface area (Å²) in [6.07, 6.45) is 7.37. The lowest BCUT2D eigenvalue weighted by molar-refractivity contribution is -0.115. The molecule has 0 atom stereocenters. The second kappa shape index (κ2) is 6.36. The number of hydrogen-bond donors (Lipinski definition) is 2. The topological polar surface area (TPSA) is 55.1 Å². The first kappa shape index (κ1) is 12.8.